The summed E-state index contributed by atoms with van der Waals surface area (Å²) < 4.78 is 15.6. The van der Waals surface area contributed by atoms with Gasteiger partial charge < -0.3 is 14.2 Å². The van der Waals surface area contributed by atoms with Crippen LogP contribution in [-0.4, -0.2) is 42.7 Å². The lowest BCUT2D eigenvalue weighted by Gasteiger charge is -2.23. The number of carbonyl (C=O) groups excluding carboxylic acids is 3. The van der Waals surface area contributed by atoms with Crippen molar-refractivity contribution in [2.24, 2.45) is 0 Å². The van der Waals surface area contributed by atoms with Crippen LogP contribution in [0.25, 0.3) is 0 Å². The molecule has 3 rings (SSSR count). The van der Waals surface area contributed by atoms with E-state index < -0.39 is 23.6 Å². The number of nitrogens with one attached hydrogen (secondary N) is 1. The van der Waals surface area contributed by atoms with Gasteiger partial charge in [0.25, 0.3) is 0 Å². The fourth-order valence-electron chi connectivity index (χ4n) is 3.89. The van der Waals surface area contributed by atoms with Gasteiger partial charge in [-0.3, -0.25) is 10.1 Å². The number of hydrogen-bond acceptors (Lipinski definition) is 7. The third-order valence-corrected chi connectivity index (χ3v) is 5.61. The molecule has 194 valence electrons. The average molecular weight is 505 g/mol. The van der Waals surface area contributed by atoms with E-state index >= 15 is 0 Å². The fourth-order valence-corrected chi connectivity index (χ4v) is 3.89. The molecule has 2 aromatic carbocycles. The number of rotatable bonds is 8. The Kier molecular flexibility index (Phi) is 8.65. The molecule has 0 aliphatic carbocycles. The van der Waals surface area contributed by atoms with Gasteiger partial charge in [-0.05, 0) is 57.0 Å². The molecule has 1 aromatic heterocycles. The van der Waals surface area contributed by atoms with Crippen molar-refractivity contribution in [1.29, 1.82) is 0 Å². The Balaban J connectivity index is 2.11. The Hall–Kier alpha value is -4.20. The number of benzene rings is 2. The van der Waals surface area contributed by atoms with Crippen LogP contribution in [-0.2, 0) is 15.9 Å². The van der Waals surface area contributed by atoms with Crippen molar-refractivity contribution >= 4 is 23.5 Å². The van der Waals surface area contributed by atoms with E-state index in [2.05, 4.69) is 10.3 Å². The smallest absolute Gasteiger partial charge is 0.412 e. The monoisotopic (exact) mass is 504 g/mol. The van der Waals surface area contributed by atoms with Crippen molar-refractivity contribution in [2.45, 2.75) is 45.6 Å². The molecule has 1 heterocycles. The minimum Gasteiger partial charge on any atom is -0.497 e. The molecule has 0 spiro atoms. The lowest BCUT2D eigenvalue weighted by atomic mass is 9.84. The molecule has 37 heavy (non-hydrogen) atoms. The lowest BCUT2D eigenvalue weighted by Crippen LogP contribution is -2.28. The van der Waals surface area contributed by atoms with Crippen LogP contribution in [0.2, 0.25) is 0 Å². The summed E-state index contributed by atoms with van der Waals surface area (Å²) in [6.45, 7) is 7.17. The van der Waals surface area contributed by atoms with Crippen LogP contribution in [0.1, 0.15) is 64.4 Å². The maximum atomic E-state index is 14.0. The third-order valence-electron chi connectivity index (χ3n) is 5.61. The summed E-state index contributed by atoms with van der Waals surface area (Å²) >= 11 is 0. The number of aromatic nitrogens is 1. The zero-order valence-corrected chi connectivity index (χ0v) is 22.0. The summed E-state index contributed by atoms with van der Waals surface area (Å²) in [5, 5.41) is 2.78. The predicted octanol–water partition coefficient (Wildman–Crippen LogP) is 5.74. The highest BCUT2D eigenvalue weighted by Gasteiger charge is 2.28. The number of amides is 1. The standard InChI is InChI=1S/C29H32N2O6/c1-18-10-7-8-12-21(18)26(32)23(16-19-11-9-13-24(30-19)27(33)36-6)22-15-14-20(35-5)17-25(22)31-28(34)37-29(2,3)4/h7-15,17,23H,16H2,1-6H3,(H,31,34). The number of hydrogen-bond donors (Lipinski definition) is 1. The maximum Gasteiger partial charge on any atom is 0.412 e. The third kappa shape index (κ3) is 7.16. The number of Topliss-reactive ketones (excluding diaryl/α,β-unsaturated/α-hetero) is 1. The van der Waals surface area contributed by atoms with Crippen LogP contribution in [0.15, 0.2) is 60.7 Å². The molecule has 1 amide bonds. The minimum atomic E-state index is -0.739. The number of pyridine rings is 1. The first-order valence-electron chi connectivity index (χ1n) is 11.8. The van der Waals surface area contributed by atoms with Gasteiger partial charge in [0.15, 0.2) is 5.78 Å². The molecule has 0 radical (unpaired) electrons. The zero-order valence-electron chi connectivity index (χ0n) is 22.0. The van der Waals surface area contributed by atoms with Gasteiger partial charge in [-0.1, -0.05) is 36.4 Å². The first-order chi connectivity index (χ1) is 17.5. The second kappa shape index (κ2) is 11.7. The van der Waals surface area contributed by atoms with Crippen molar-refractivity contribution < 1.29 is 28.6 Å². The number of nitrogens with zero attached hydrogens (tertiary/aromatic N) is 1. The van der Waals surface area contributed by atoms with Gasteiger partial charge in [0.2, 0.25) is 0 Å². The van der Waals surface area contributed by atoms with Crippen LogP contribution in [0, 0.1) is 6.92 Å². The van der Waals surface area contributed by atoms with Crippen molar-refractivity contribution in [3.05, 3.63) is 88.7 Å². The highest BCUT2D eigenvalue weighted by Crippen LogP contribution is 2.34. The number of anilines is 1. The summed E-state index contributed by atoms with van der Waals surface area (Å²) in [6.07, 6.45) is -0.484. The number of ketones is 1. The van der Waals surface area contributed by atoms with E-state index in [1.807, 2.05) is 19.1 Å². The molecular weight excluding hydrogens is 472 g/mol. The topological polar surface area (TPSA) is 104 Å². The van der Waals surface area contributed by atoms with Gasteiger partial charge in [-0.2, -0.15) is 0 Å². The number of esters is 1. The molecule has 0 fully saturated rings. The van der Waals surface area contributed by atoms with Crippen molar-refractivity contribution in [2.75, 3.05) is 19.5 Å². The molecule has 1 N–H and O–H groups in total. The quantitative estimate of drug-likeness (QED) is 0.308. The van der Waals surface area contributed by atoms with E-state index in [4.69, 9.17) is 14.2 Å². The van der Waals surface area contributed by atoms with E-state index in [1.165, 1.54) is 14.2 Å². The minimum absolute atomic E-state index is 0.143. The Morgan fingerprint density at radius 2 is 1.70 bits per heavy atom. The molecule has 1 atom stereocenters. The molecule has 0 saturated carbocycles. The van der Waals surface area contributed by atoms with E-state index in [1.54, 1.807) is 69.3 Å². The van der Waals surface area contributed by atoms with Crippen LogP contribution in [0.4, 0.5) is 10.5 Å². The summed E-state index contributed by atoms with van der Waals surface area (Å²) in [5.41, 5.74) is 2.27. The summed E-state index contributed by atoms with van der Waals surface area (Å²) in [6, 6.07) is 17.4. The highest BCUT2D eigenvalue weighted by molar-refractivity contribution is 6.03. The molecular formula is C29H32N2O6. The number of carbonyl (C=O) groups is 3. The second-order valence-electron chi connectivity index (χ2n) is 9.52. The Bertz CT molecular complexity index is 1300. The van der Waals surface area contributed by atoms with Crippen LogP contribution in [0.5, 0.6) is 5.75 Å². The Labute approximate surface area is 217 Å². The van der Waals surface area contributed by atoms with Gasteiger partial charge >= 0.3 is 12.1 Å². The molecule has 8 heteroatoms. The second-order valence-corrected chi connectivity index (χ2v) is 9.52. The fraction of sp³-hybridized carbons (Fsp3) is 0.310. The largest absolute Gasteiger partial charge is 0.497 e. The molecule has 0 aliphatic rings. The van der Waals surface area contributed by atoms with Gasteiger partial charge in [-0.25, -0.2) is 14.6 Å². The number of methoxy groups -OCH3 is 2. The van der Waals surface area contributed by atoms with Gasteiger partial charge in [0.05, 0.1) is 25.8 Å². The molecule has 3 aromatic rings. The first kappa shape index (κ1) is 27.4. The van der Waals surface area contributed by atoms with Gasteiger partial charge in [-0.15, -0.1) is 0 Å². The number of aryl methyl sites for hydroxylation is 1. The maximum absolute atomic E-state index is 14.0. The molecule has 0 bridgehead atoms. The van der Waals surface area contributed by atoms with Gasteiger partial charge in [0, 0.05) is 23.7 Å². The van der Waals surface area contributed by atoms with Crippen molar-refractivity contribution in [3.63, 3.8) is 0 Å². The first-order valence-corrected chi connectivity index (χ1v) is 11.8. The summed E-state index contributed by atoms with van der Waals surface area (Å²) in [5.74, 6) is -0.957. The van der Waals surface area contributed by atoms with Crippen molar-refractivity contribution in [1.82, 2.24) is 4.98 Å². The van der Waals surface area contributed by atoms with Crippen LogP contribution < -0.4 is 10.1 Å². The molecule has 8 nitrogen and oxygen atoms in total. The average Bonchev–Trinajstić information content (AvgIpc) is 2.86. The Morgan fingerprint density at radius 1 is 0.973 bits per heavy atom. The van der Waals surface area contributed by atoms with Crippen LogP contribution >= 0.6 is 0 Å². The van der Waals surface area contributed by atoms with E-state index in [0.29, 0.717) is 28.3 Å². The lowest BCUT2D eigenvalue weighted by molar-refractivity contribution is 0.0591. The zero-order chi connectivity index (χ0) is 27.2. The van der Waals surface area contributed by atoms with E-state index in [-0.39, 0.29) is 17.9 Å². The van der Waals surface area contributed by atoms with E-state index in [9.17, 15) is 14.4 Å². The SMILES string of the molecule is COC(=O)c1cccc(CC(C(=O)c2ccccc2C)c2ccc(OC)cc2NC(=O)OC(C)(C)C)n1. The molecule has 0 saturated heterocycles. The van der Waals surface area contributed by atoms with E-state index in [0.717, 1.165) is 5.56 Å². The number of ether oxygens (including phenoxy) is 3. The van der Waals surface area contributed by atoms with Crippen molar-refractivity contribution in [3.8, 4) is 5.75 Å². The summed E-state index contributed by atoms with van der Waals surface area (Å²) in [7, 11) is 2.80. The predicted molar refractivity (Wildman–Crippen MR) is 140 cm³/mol. The van der Waals surface area contributed by atoms with Crippen LogP contribution in [0.3, 0.4) is 0 Å². The molecule has 0 aliphatic heterocycles. The molecule has 1 unspecified atom stereocenters. The summed E-state index contributed by atoms with van der Waals surface area (Å²) in [4.78, 5) is 43.1. The Morgan fingerprint density at radius 3 is 2.35 bits per heavy atom. The highest BCUT2D eigenvalue weighted by atomic mass is 16.6. The van der Waals surface area contributed by atoms with Gasteiger partial charge in [0.1, 0.15) is 17.0 Å². The normalized spacial score (nSPS) is 11.8.